The minimum absolute atomic E-state index is 0.127. The molecule has 2 N–H and O–H groups in total. The molecule has 0 bridgehead atoms. The van der Waals surface area contributed by atoms with Gasteiger partial charge in [0.05, 0.1) is 6.61 Å². The highest BCUT2D eigenvalue weighted by Gasteiger charge is 2.04. The molecule has 5 heteroatoms. The van der Waals surface area contributed by atoms with Gasteiger partial charge in [-0.15, -0.1) is 0 Å². The van der Waals surface area contributed by atoms with Gasteiger partial charge in [0.15, 0.2) is 6.61 Å². The summed E-state index contributed by atoms with van der Waals surface area (Å²) in [5.41, 5.74) is 0.146. The molecule has 1 aromatic carbocycles. The smallest absolute Gasteiger partial charge is 0.341 e. The lowest BCUT2D eigenvalue weighted by Gasteiger charge is -2.04. The van der Waals surface area contributed by atoms with E-state index in [9.17, 15) is 9.18 Å². The average Bonchev–Trinajstić information content (AvgIpc) is 2.15. The van der Waals surface area contributed by atoms with Crippen molar-refractivity contribution in [3.05, 3.63) is 29.6 Å². The monoisotopic (exact) mass is 200 g/mol. The number of halogens is 1. The van der Waals surface area contributed by atoms with Crippen LogP contribution >= 0.6 is 0 Å². The number of carboxylic acids is 1. The zero-order valence-corrected chi connectivity index (χ0v) is 7.24. The van der Waals surface area contributed by atoms with Crippen molar-refractivity contribution >= 4 is 5.97 Å². The number of hydrogen-bond donors (Lipinski definition) is 2. The summed E-state index contributed by atoms with van der Waals surface area (Å²) in [5, 5.41) is 16.9. The SMILES string of the molecule is O=C(O)COc1ccc(CO)c(F)c1. The van der Waals surface area contributed by atoms with Crippen LogP contribution in [0.2, 0.25) is 0 Å². The molecule has 0 heterocycles. The minimum Gasteiger partial charge on any atom is -0.482 e. The molecular weight excluding hydrogens is 191 g/mol. The highest BCUT2D eigenvalue weighted by molar-refractivity contribution is 5.68. The number of carboxylic acid groups (broad SMARTS) is 1. The van der Waals surface area contributed by atoms with Gasteiger partial charge in [-0.25, -0.2) is 9.18 Å². The van der Waals surface area contributed by atoms with E-state index in [1.165, 1.54) is 12.1 Å². The highest BCUT2D eigenvalue weighted by Crippen LogP contribution is 2.16. The van der Waals surface area contributed by atoms with Crippen LogP contribution in [0.4, 0.5) is 4.39 Å². The van der Waals surface area contributed by atoms with Crippen LogP contribution in [0.25, 0.3) is 0 Å². The van der Waals surface area contributed by atoms with Gasteiger partial charge in [0.1, 0.15) is 11.6 Å². The second kappa shape index (κ2) is 4.57. The maximum Gasteiger partial charge on any atom is 0.341 e. The van der Waals surface area contributed by atoms with Crippen molar-refractivity contribution in [1.82, 2.24) is 0 Å². The number of ether oxygens (including phenoxy) is 1. The third-order valence-electron chi connectivity index (χ3n) is 1.56. The molecule has 1 rings (SSSR count). The van der Waals surface area contributed by atoms with Crippen LogP contribution in [0.3, 0.4) is 0 Å². The first-order valence-electron chi connectivity index (χ1n) is 3.87. The first-order valence-corrected chi connectivity index (χ1v) is 3.87. The Bertz CT molecular complexity index is 338. The van der Waals surface area contributed by atoms with Gasteiger partial charge in [-0.2, -0.15) is 0 Å². The molecule has 0 amide bonds. The molecule has 0 atom stereocenters. The van der Waals surface area contributed by atoms with E-state index in [1.54, 1.807) is 0 Å². The number of aliphatic carboxylic acids is 1. The second-order valence-electron chi connectivity index (χ2n) is 2.59. The molecule has 0 aliphatic rings. The summed E-state index contributed by atoms with van der Waals surface area (Å²) in [6, 6.07) is 3.78. The van der Waals surface area contributed by atoms with E-state index < -0.39 is 25.0 Å². The van der Waals surface area contributed by atoms with Gasteiger partial charge >= 0.3 is 5.97 Å². The topological polar surface area (TPSA) is 66.8 Å². The molecule has 1 aromatic rings. The fraction of sp³-hybridized carbons (Fsp3) is 0.222. The maximum absolute atomic E-state index is 13.0. The second-order valence-corrected chi connectivity index (χ2v) is 2.59. The fourth-order valence-corrected chi connectivity index (χ4v) is 0.891. The lowest BCUT2D eigenvalue weighted by molar-refractivity contribution is -0.139. The van der Waals surface area contributed by atoms with E-state index in [1.807, 2.05) is 0 Å². The van der Waals surface area contributed by atoms with E-state index in [-0.39, 0.29) is 11.3 Å². The molecule has 0 fully saturated rings. The fourth-order valence-electron chi connectivity index (χ4n) is 0.891. The van der Waals surface area contributed by atoms with Crippen molar-refractivity contribution in [3.63, 3.8) is 0 Å². The van der Waals surface area contributed by atoms with E-state index in [0.717, 1.165) is 6.07 Å². The Labute approximate surface area is 79.6 Å². The quantitative estimate of drug-likeness (QED) is 0.753. The summed E-state index contributed by atoms with van der Waals surface area (Å²) in [6.45, 7) is -0.914. The van der Waals surface area contributed by atoms with Gasteiger partial charge in [0.25, 0.3) is 0 Å². The Morgan fingerprint density at radius 3 is 2.71 bits per heavy atom. The molecule has 0 unspecified atom stereocenters. The van der Waals surface area contributed by atoms with Crippen LogP contribution in [0.15, 0.2) is 18.2 Å². The molecular formula is C9H9FO4. The summed E-state index contributed by atoms with van der Waals surface area (Å²) in [6.07, 6.45) is 0. The normalized spacial score (nSPS) is 9.86. The molecule has 0 aliphatic heterocycles. The third kappa shape index (κ3) is 2.70. The maximum atomic E-state index is 13.0. The van der Waals surface area contributed by atoms with Crippen molar-refractivity contribution in [3.8, 4) is 5.75 Å². The van der Waals surface area contributed by atoms with Crippen LogP contribution in [0, 0.1) is 5.82 Å². The zero-order valence-electron chi connectivity index (χ0n) is 7.24. The molecule has 0 aliphatic carbocycles. The molecule has 0 saturated heterocycles. The lowest BCUT2D eigenvalue weighted by atomic mass is 10.2. The molecule has 14 heavy (non-hydrogen) atoms. The number of benzene rings is 1. The van der Waals surface area contributed by atoms with Crippen molar-refractivity contribution < 1.29 is 24.1 Å². The lowest BCUT2D eigenvalue weighted by Crippen LogP contribution is -2.09. The number of aliphatic hydroxyl groups excluding tert-OH is 1. The average molecular weight is 200 g/mol. The third-order valence-corrected chi connectivity index (χ3v) is 1.56. The predicted octanol–water partition coefficient (Wildman–Crippen LogP) is 0.781. The minimum atomic E-state index is -1.13. The summed E-state index contributed by atoms with van der Waals surface area (Å²) in [7, 11) is 0. The number of hydrogen-bond acceptors (Lipinski definition) is 3. The van der Waals surface area contributed by atoms with Gasteiger partial charge in [0, 0.05) is 11.6 Å². The number of rotatable bonds is 4. The van der Waals surface area contributed by atoms with E-state index in [0.29, 0.717) is 0 Å². The van der Waals surface area contributed by atoms with Gasteiger partial charge in [0.2, 0.25) is 0 Å². The Kier molecular flexibility index (Phi) is 3.41. The number of aliphatic hydroxyl groups is 1. The predicted molar refractivity (Wildman–Crippen MR) is 45.5 cm³/mol. The van der Waals surface area contributed by atoms with Crippen LogP contribution in [-0.2, 0) is 11.4 Å². The van der Waals surface area contributed by atoms with E-state index in [2.05, 4.69) is 0 Å². The molecule has 4 nitrogen and oxygen atoms in total. The summed E-state index contributed by atoms with van der Waals surface area (Å²) >= 11 is 0. The molecule has 0 spiro atoms. The van der Waals surface area contributed by atoms with Gasteiger partial charge in [-0.05, 0) is 6.07 Å². The van der Waals surface area contributed by atoms with Crippen molar-refractivity contribution in [2.75, 3.05) is 6.61 Å². The van der Waals surface area contributed by atoms with Crippen LogP contribution in [0.5, 0.6) is 5.75 Å². The van der Waals surface area contributed by atoms with Crippen molar-refractivity contribution in [1.29, 1.82) is 0 Å². The summed E-state index contributed by atoms with van der Waals surface area (Å²) in [5.74, 6) is -1.62. The number of carbonyl (C=O) groups is 1. The molecule has 0 saturated carbocycles. The Morgan fingerprint density at radius 2 is 2.21 bits per heavy atom. The van der Waals surface area contributed by atoms with Gasteiger partial charge < -0.3 is 14.9 Å². The largest absolute Gasteiger partial charge is 0.482 e. The summed E-state index contributed by atoms with van der Waals surface area (Å²) in [4.78, 5) is 10.1. The van der Waals surface area contributed by atoms with Gasteiger partial charge in [-0.1, -0.05) is 6.07 Å². The van der Waals surface area contributed by atoms with Crippen LogP contribution in [0.1, 0.15) is 5.56 Å². The van der Waals surface area contributed by atoms with Crippen molar-refractivity contribution in [2.45, 2.75) is 6.61 Å². The highest BCUT2D eigenvalue weighted by atomic mass is 19.1. The standard InChI is InChI=1S/C9H9FO4/c10-8-3-7(14-5-9(12)13)2-1-6(8)4-11/h1-3,11H,4-5H2,(H,12,13). The first-order chi connectivity index (χ1) is 6.63. The summed E-state index contributed by atoms with van der Waals surface area (Å²) < 4.78 is 17.7. The molecule has 0 radical (unpaired) electrons. The van der Waals surface area contributed by atoms with E-state index in [4.69, 9.17) is 14.9 Å². The van der Waals surface area contributed by atoms with Crippen molar-refractivity contribution in [2.24, 2.45) is 0 Å². The zero-order chi connectivity index (χ0) is 10.6. The van der Waals surface area contributed by atoms with Crippen LogP contribution in [-0.4, -0.2) is 22.8 Å². The Hall–Kier alpha value is -1.62. The molecule has 0 aromatic heterocycles. The van der Waals surface area contributed by atoms with Gasteiger partial charge in [-0.3, -0.25) is 0 Å². The Balaban J connectivity index is 2.71. The van der Waals surface area contributed by atoms with Crippen LogP contribution < -0.4 is 4.74 Å². The Morgan fingerprint density at radius 1 is 1.50 bits per heavy atom. The first kappa shape index (κ1) is 10.5. The molecule has 76 valence electrons. The van der Waals surface area contributed by atoms with E-state index >= 15 is 0 Å².